The number of rotatable bonds is 3. The van der Waals surface area contributed by atoms with Crippen LogP contribution in [-0.4, -0.2) is 30.5 Å². The van der Waals surface area contributed by atoms with Crippen molar-refractivity contribution in [2.45, 2.75) is 18.1 Å². The zero-order valence-electron chi connectivity index (χ0n) is 15.7. The van der Waals surface area contributed by atoms with Crippen molar-refractivity contribution in [2.75, 3.05) is 13.2 Å². The molecule has 1 heterocycles. The number of carbonyl (C=O) groups is 1. The Kier molecular flexibility index (Phi) is 4.45. The third-order valence-corrected chi connectivity index (χ3v) is 5.68. The van der Waals surface area contributed by atoms with Gasteiger partial charge >= 0.3 is 6.09 Å². The van der Waals surface area contributed by atoms with Crippen LogP contribution in [0, 0.1) is 0 Å². The first kappa shape index (κ1) is 17.8. The van der Waals surface area contributed by atoms with Crippen molar-refractivity contribution < 1.29 is 19.4 Å². The average molecular weight is 387 g/mol. The number of para-hydroxylation sites is 1. The first-order valence-electron chi connectivity index (χ1n) is 9.73. The number of hydrogen-bond donors (Lipinski definition) is 2. The predicted octanol–water partition coefficient (Wildman–Crippen LogP) is 4.02. The molecule has 0 aromatic heterocycles. The molecule has 2 unspecified atom stereocenters. The monoisotopic (exact) mass is 387 g/mol. The van der Waals surface area contributed by atoms with Crippen molar-refractivity contribution >= 4 is 6.09 Å². The fraction of sp³-hybridized carbons (Fsp3) is 0.208. The van der Waals surface area contributed by atoms with Crippen LogP contribution >= 0.6 is 0 Å². The number of nitrogens with one attached hydrogen (secondary N) is 1. The highest BCUT2D eigenvalue weighted by atomic mass is 16.5. The molecular formula is C24H21NO4. The number of carbonyl (C=O) groups excluding carboxylic acids is 1. The molecule has 0 fully saturated rings. The summed E-state index contributed by atoms with van der Waals surface area (Å²) >= 11 is 0. The van der Waals surface area contributed by atoms with Gasteiger partial charge in [-0.05, 0) is 28.3 Å². The summed E-state index contributed by atoms with van der Waals surface area (Å²) < 4.78 is 11.2. The summed E-state index contributed by atoms with van der Waals surface area (Å²) in [6, 6.07) is 23.1. The third kappa shape index (κ3) is 3.13. The molecule has 5 heteroatoms. The molecule has 1 amide bonds. The van der Waals surface area contributed by atoms with E-state index in [4.69, 9.17) is 9.47 Å². The lowest BCUT2D eigenvalue weighted by Gasteiger charge is -2.30. The smallest absolute Gasteiger partial charge is 0.407 e. The second-order valence-corrected chi connectivity index (χ2v) is 7.37. The molecule has 29 heavy (non-hydrogen) atoms. The standard InChI is InChI=1S/C24H21NO4/c26-23-19-11-5-6-12-22(19)28-14-21(23)25-24(27)29-13-20-17-9-3-1-7-15(17)16-8-2-4-10-18(16)20/h1-12,20-21,23,26H,13-14H2,(H,25,27). The summed E-state index contributed by atoms with van der Waals surface area (Å²) in [6.45, 7) is 0.433. The first-order chi connectivity index (χ1) is 14.2. The third-order valence-electron chi connectivity index (χ3n) is 5.68. The van der Waals surface area contributed by atoms with Gasteiger partial charge in [-0.2, -0.15) is 0 Å². The van der Waals surface area contributed by atoms with Gasteiger partial charge in [-0.15, -0.1) is 0 Å². The Labute approximate surface area is 168 Å². The van der Waals surface area contributed by atoms with Crippen LogP contribution in [0.2, 0.25) is 0 Å². The Morgan fingerprint density at radius 1 is 0.931 bits per heavy atom. The summed E-state index contributed by atoms with van der Waals surface area (Å²) in [7, 11) is 0. The SMILES string of the molecule is O=C(NC1COc2ccccc2C1O)OCC1c2ccccc2-c2ccccc21. The number of hydrogen-bond acceptors (Lipinski definition) is 4. The highest BCUT2D eigenvalue weighted by Crippen LogP contribution is 2.44. The van der Waals surface area contributed by atoms with Crippen LogP contribution in [-0.2, 0) is 4.74 Å². The van der Waals surface area contributed by atoms with Gasteiger partial charge in [0.15, 0.2) is 0 Å². The van der Waals surface area contributed by atoms with Gasteiger partial charge in [0.05, 0.1) is 6.04 Å². The lowest BCUT2D eigenvalue weighted by molar-refractivity contribution is 0.0649. The molecule has 0 radical (unpaired) electrons. The summed E-state index contributed by atoms with van der Waals surface area (Å²) in [6.07, 6.45) is -1.39. The Bertz CT molecular complexity index is 1020. The van der Waals surface area contributed by atoms with Crippen LogP contribution in [0.5, 0.6) is 5.75 Å². The predicted molar refractivity (Wildman–Crippen MR) is 109 cm³/mol. The average Bonchev–Trinajstić information content (AvgIpc) is 3.08. The van der Waals surface area contributed by atoms with Gasteiger partial charge in [-0.1, -0.05) is 66.7 Å². The van der Waals surface area contributed by atoms with Crippen LogP contribution in [0.25, 0.3) is 11.1 Å². The Morgan fingerprint density at radius 2 is 1.52 bits per heavy atom. The molecule has 0 saturated heterocycles. The van der Waals surface area contributed by atoms with E-state index in [9.17, 15) is 9.90 Å². The van der Waals surface area contributed by atoms with E-state index in [1.54, 1.807) is 6.07 Å². The molecule has 3 aromatic carbocycles. The number of alkyl carbamates (subject to hydrolysis) is 1. The van der Waals surface area contributed by atoms with Gasteiger partial charge in [-0.3, -0.25) is 0 Å². The molecule has 0 saturated carbocycles. The van der Waals surface area contributed by atoms with Gasteiger partial charge in [0.25, 0.3) is 0 Å². The lowest BCUT2D eigenvalue weighted by Crippen LogP contribution is -2.46. The number of fused-ring (bicyclic) bond motifs is 4. The van der Waals surface area contributed by atoms with Gasteiger partial charge in [-0.25, -0.2) is 4.79 Å². The molecule has 2 aliphatic rings. The Hall–Kier alpha value is -3.31. The highest BCUT2D eigenvalue weighted by Gasteiger charge is 2.32. The largest absolute Gasteiger partial charge is 0.491 e. The van der Waals surface area contributed by atoms with Crippen LogP contribution < -0.4 is 10.1 Å². The molecule has 2 N–H and O–H groups in total. The second-order valence-electron chi connectivity index (χ2n) is 7.37. The van der Waals surface area contributed by atoms with Gasteiger partial charge in [0.2, 0.25) is 0 Å². The fourth-order valence-electron chi connectivity index (χ4n) is 4.26. The maximum absolute atomic E-state index is 12.4. The molecule has 1 aliphatic carbocycles. The Morgan fingerprint density at radius 3 is 2.21 bits per heavy atom. The number of aliphatic hydroxyl groups is 1. The lowest BCUT2D eigenvalue weighted by atomic mass is 9.98. The molecule has 0 spiro atoms. The number of amides is 1. The zero-order chi connectivity index (χ0) is 19.8. The van der Waals surface area contributed by atoms with Gasteiger partial charge in [0.1, 0.15) is 25.1 Å². The van der Waals surface area contributed by atoms with Crippen LogP contribution in [0.3, 0.4) is 0 Å². The zero-order valence-corrected chi connectivity index (χ0v) is 15.7. The van der Waals surface area contributed by atoms with E-state index in [-0.39, 0.29) is 19.1 Å². The quantitative estimate of drug-likeness (QED) is 0.712. The molecule has 0 bridgehead atoms. The van der Waals surface area contributed by atoms with Gasteiger partial charge in [0, 0.05) is 11.5 Å². The van der Waals surface area contributed by atoms with Crippen molar-refractivity contribution in [1.29, 1.82) is 0 Å². The van der Waals surface area contributed by atoms with Crippen LogP contribution in [0.15, 0.2) is 72.8 Å². The maximum atomic E-state index is 12.4. The fourth-order valence-corrected chi connectivity index (χ4v) is 4.26. The van der Waals surface area contributed by atoms with E-state index in [0.717, 1.165) is 11.1 Å². The van der Waals surface area contributed by atoms with E-state index in [2.05, 4.69) is 29.6 Å². The molecule has 3 aromatic rings. The van der Waals surface area contributed by atoms with Crippen LogP contribution in [0.4, 0.5) is 4.79 Å². The molecular weight excluding hydrogens is 366 g/mol. The van der Waals surface area contributed by atoms with Gasteiger partial charge < -0.3 is 19.9 Å². The first-order valence-corrected chi connectivity index (χ1v) is 9.73. The molecule has 2 atom stereocenters. The summed E-state index contributed by atoms with van der Waals surface area (Å²) in [4.78, 5) is 12.4. The second kappa shape index (κ2) is 7.26. The number of ether oxygens (including phenoxy) is 2. The van der Waals surface area contributed by atoms with Crippen molar-refractivity contribution in [3.8, 4) is 16.9 Å². The van der Waals surface area contributed by atoms with Crippen molar-refractivity contribution in [1.82, 2.24) is 5.32 Å². The minimum Gasteiger partial charge on any atom is -0.491 e. The summed E-state index contributed by atoms with van der Waals surface area (Å²) in [5.74, 6) is 0.645. The summed E-state index contributed by atoms with van der Waals surface area (Å²) in [5, 5.41) is 13.3. The molecule has 5 nitrogen and oxygen atoms in total. The summed E-state index contributed by atoms with van der Waals surface area (Å²) in [5.41, 5.74) is 5.37. The minimum atomic E-state index is -0.833. The number of benzene rings is 3. The van der Waals surface area contributed by atoms with E-state index < -0.39 is 18.2 Å². The topological polar surface area (TPSA) is 67.8 Å². The van der Waals surface area contributed by atoms with E-state index in [1.807, 2.05) is 42.5 Å². The molecule has 5 rings (SSSR count). The maximum Gasteiger partial charge on any atom is 0.407 e. The minimum absolute atomic E-state index is 0.00130. The molecule has 1 aliphatic heterocycles. The van der Waals surface area contributed by atoms with Crippen molar-refractivity contribution in [3.05, 3.63) is 89.5 Å². The van der Waals surface area contributed by atoms with E-state index >= 15 is 0 Å². The van der Waals surface area contributed by atoms with E-state index in [0.29, 0.717) is 11.3 Å². The molecule has 146 valence electrons. The number of aliphatic hydroxyl groups excluding tert-OH is 1. The Balaban J connectivity index is 1.27. The van der Waals surface area contributed by atoms with Crippen LogP contribution in [0.1, 0.15) is 28.7 Å². The van der Waals surface area contributed by atoms with E-state index in [1.165, 1.54) is 11.1 Å². The normalized spacial score (nSPS) is 19.5. The highest BCUT2D eigenvalue weighted by molar-refractivity contribution is 5.79. The van der Waals surface area contributed by atoms with Crippen molar-refractivity contribution in [3.63, 3.8) is 0 Å². The van der Waals surface area contributed by atoms with Crippen molar-refractivity contribution in [2.24, 2.45) is 0 Å².